The molecule has 0 saturated heterocycles. The minimum Gasteiger partial charge on any atom is -0.480 e. The van der Waals surface area contributed by atoms with Gasteiger partial charge in [-0.2, -0.15) is 15.0 Å². The highest BCUT2D eigenvalue weighted by molar-refractivity contribution is 5.30. The van der Waals surface area contributed by atoms with Crippen LogP contribution in [-0.4, -0.2) is 37.2 Å². The molecule has 0 radical (unpaired) electrons. The van der Waals surface area contributed by atoms with Crippen molar-refractivity contribution in [1.29, 1.82) is 0 Å². The monoisotopic (exact) mass is 283 g/mol. The van der Waals surface area contributed by atoms with Gasteiger partial charge in [-0.3, -0.25) is 4.98 Å². The van der Waals surface area contributed by atoms with Gasteiger partial charge >= 0.3 is 0 Å². The van der Waals surface area contributed by atoms with Gasteiger partial charge in [-0.1, -0.05) is 18.2 Å². The van der Waals surface area contributed by atoms with Crippen molar-refractivity contribution in [3.8, 4) is 11.6 Å². The Bertz CT molecular complexity index is 729. The van der Waals surface area contributed by atoms with E-state index in [1.54, 1.807) is 0 Å². The first kappa shape index (κ1) is 13.2. The Morgan fingerprint density at radius 1 is 1.14 bits per heavy atom. The minimum atomic E-state index is -1.05. The average molecular weight is 283 g/mol. The smallest absolute Gasteiger partial charge is 0.238 e. The Labute approximate surface area is 120 Å². The van der Waals surface area contributed by atoms with Crippen molar-refractivity contribution < 1.29 is 9.84 Å². The van der Waals surface area contributed by atoms with Gasteiger partial charge in [-0.25, -0.2) is 4.98 Å². The van der Waals surface area contributed by atoms with Crippen molar-refractivity contribution in [2.75, 3.05) is 7.11 Å². The summed E-state index contributed by atoms with van der Waals surface area (Å²) in [5.41, 5.74) is 1.49. The van der Waals surface area contributed by atoms with E-state index >= 15 is 0 Å². The van der Waals surface area contributed by atoms with Gasteiger partial charge in [0.1, 0.15) is 17.5 Å². The summed E-state index contributed by atoms with van der Waals surface area (Å²) in [6.07, 6.45) is 3.43. The minimum absolute atomic E-state index is 0.263. The highest BCUT2D eigenvalue weighted by atomic mass is 16.5. The molecule has 2 aromatic heterocycles. The van der Waals surface area contributed by atoms with E-state index in [-0.39, 0.29) is 5.88 Å². The summed E-state index contributed by atoms with van der Waals surface area (Å²) >= 11 is 0. The van der Waals surface area contributed by atoms with Crippen LogP contribution in [0.1, 0.15) is 17.5 Å². The molecule has 3 aromatic rings. The van der Waals surface area contributed by atoms with Crippen LogP contribution < -0.4 is 4.74 Å². The summed E-state index contributed by atoms with van der Waals surface area (Å²) in [5.74, 6) is 0.263. The van der Waals surface area contributed by atoms with Crippen molar-refractivity contribution >= 4 is 0 Å². The number of aromatic nitrogens is 5. The number of aliphatic hydroxyl groups is 1. The number of benzene rings is 1. The largest absolute Gasteiger partial charge is 0.480 e. The van der Waals surface area contributed by atoms with Crippen molar-refractivity contribution in [1.82, 2.24) is 25.0 Å². The molecular formula is C14H13N5O2. The second kappa shape index (κ2) is 5.68. The average Bonchev–Trinajstić information content (AvgIpc) is 3.05. The molecule has 0 aliphatic heterocycles. The van der Waals surface area contributed by atoms with Crippen LogP contribution in [0.15, 0.2) is 48.9 Å². The van der Waals surface area contributed by atoms with Crippen LogP contribution in [0.4, 0.5) is 0 Å². The maximum absolute atomic E-state index is 10.4. The summed E-state index contributed by atoms with van der Waals surface area (Å²) < 4.78 is 5.09. The number of para-hydroxylation sites is 1. The third-order valence-electron chi connectivity index (χ3n) is 2.92. The van der Waals surface area contributed by atoms with Crippen molar-refractivity contribution in [3.63, 3.8) is 0 Å². The van der Waals surface area contributed by atoms with Crippen LogP contribution in [0.2, 0.25) is 0 Å². The zero-order chi connectivity index (χ0) is 14.7. The molecule has 0 aliphatic carbocycles. The predicted octanol–water partition coefficient (Wildman–Crippen LogP) is 1.15. The molecule has 0 spiro atoms. The second-order valence-electron chi connectivity index (χ2n) is 4.25. The van der Waals surface area contributed by atoms with Crippen molar-refractivity contribution in [2.45, 2.75) is 6.10 Å². The number of hydrogen-bond acceptors (Lipinski definition) is 6. The number of aliphatic hydroxyl groups excluding tert-OH is 1. The molecular weight excluding hydrogens is 270 g/mol. The fourth-order valence-electron chi connectivity index (χ4n) is 1.91. The van der Waals surface area contributed by atoms with Crippen LogP contribution in [0.25, 0.3) is 5.69 Å². The van der Waals surface area contributed by atoms with E-state index in [2.05, 4.69) is 20.2 Å². The zero-order valence-corrected chi connectivity index (χ0v) is 11.3. The maximum atomic E-state index is 10.4. The summed E-state index contributed by atoms with van der Waals surface area (Å²) in [6, 6.07) is 9.44. The Morgan fingerprint density at radius 3 is 2.67 bits per heavy atom. The van der Waals surface area contributed by atoms with Crippen LogP contribution in [-0.2, 0) is 0 Å². The number of methoxy groups -OCH3 is 1. The first-order chi connectivity index (χ1) is 10.3. The molecule has 0 fully saturated rings. The fourth-order valence-corrected chi connectivity index (χ4v) is 1.91. The Morgan fingerprint density at radius 2 is 1.90 bits per heavy atom. The quantitative estimate of drug-likeness (QED) is 0.773. The molecule has 7 nitrogen and oxygen atoms in total. The predicted molar refractivity (Wildman–Crippen MR) is 74.0 cm³/mol. The Kier molecular flexibility index (Phi) is 3.57. The lowest BCUT2D eigenvalue weighted by Gasteiger charge is -2.09. The molecule has 3 rings (SSSR count). The SMILES string of the molecule is COc1nccnc1C(O)c1cnn(-c2ccccc2)n1. The van der Waals surface area contributed by atoms with E-state index in [0.717, 1.165) is 5.69 Å². The molecule has 1 unspecified atom stereocenters. The first-order valence-electron chi connectivity index (χ1n) is 6.30. The van der Waals surface area contributed by atoms with Crippen LogP contribution in [0, 0.1) is 0 Å². The Hall–Kier alpha value is -2.80. The number of hydrogen-bond donors (Lipinski definition) is 1. The van der Waals surface area contributed by atoms with Crippen LogP contribution in [0.3, 0.4) is 0 Å². The van der Waals surface area contributed by atoms with E-state index in [4.69, 9.17) is 4.74 Å². The molecule has 0 amide bonds. The van der Waals surface area contributed by atoms with Gasteiger partial charge in [0, 0.05) is 12.4 Å². The van der Waals surface area contributed by atoms with E-state index in [9.17, 15) is 5.11 Å². The lowest BCUT2D eigenvalue weighted by atomic mass is 10.2. The van der Waals surface area contributed by atoms with Crippen LogP contribution >= 0.6 is 0 Å². The summed E-state index contributed by atoms with van der Waals surface area (Å²) in [5, 5.41) is 18.8. The van der Waals surface area contributed by atoms with Crippen LogP contribution in [0.5, 0.6) is 5.88 Å². The molecule has 106 valence electrons. The zero-order valence-electron chi connectivity index (χ0n) is 11.3. The molecule has 1 N–H and O–H groups in total. The third kappa shape index (κ3) is 2.59. The Balaban J connectivity index is 1.93. The molecule has 0 bridgehead atoms. The molecule has 1 atom stereocenters. The van der Waals surface area contributed by atoms with E-state index < -0.39 is 6.10 Å². The summed E-state index contributed by atoms with van der Waals surface area (Å²) in [4.78, 5) is 9.55. The summed E-state index contributed by atoms with van der Waals surface area (Å²) in [6.45, 7) is 0. The van der Waals surface area contributed by atoms with E-state index in [1.807, 2.05) is 30.3 Å². The van der Waals surface area contributed by atoms with Gasteiger partial charge in [0.15, 0.2) is 0 Å². The van der Waals surface area contributed by atoms with Gasteiger partial charge in [-0.05, 0) is 12.1 Å². The maximum Gasteiger partial charge on any atom is 0.238 e. The van der Waals surface area contributed by atoms with Gasteiger partial charge < -0.3 is 9.84 Å². The molecule has 1 aromatic carbocycles. The number of nitrogens with zero attached hydrogens (tertiary/aromatic N) is 5. The van der Waals surface area contributed by atoms with Gasteiger partial charge in [0.05, 0.1) is 19.0 Å². The topological polar surface area (TPSA) is 86.0 Å². The van der Waals surface area contributed by atoms with E-state index in [1.165, 1.54) is 30.5 Å². The molecule has 0 aliphatic rings. The van der Waals surface area contributed by atoms with Crippen molar-refractivity contribution in [2.24, 2.45) is 0 Å². The standard InChI is InChI=1S/C14H13N5O2/c1-21-14-12(15-7-8-16-14)13(20)11-9-17-19(18-11)10-5-3-2-4-6-10/h2-9,13,20H,1H3. The second-order valence-corrected chi connectivity index (χ2v) is 4.25. The van der Waals surface area contributed by atoms with Gasteiger partial charge in [0.2, 0.25) is 5.88 Å². The number of rotatable bonds is 4. The normalized spacial score (nSPS) is 12.1. The fraction of sp³-hybridized carbons (Fsp3) is 0.143. The first-order valence-corrected chi connectivity index (χ1v) is 6.30. The summed E-state index contributed by atoms with van der Waals surface area (Å²) in [7, 11) is 1.47. The number of ether oxygens (including phenoxy) is 1. The highest BCUT2D eigenvalue weighted by Gasteiger charge is 2.21. The van der Waals surface area contributed by atoms with Crippen molar-refractivity contribution in [3.05, 3.63) is 60.3 Å². The molecule has 7 heteroatoms. The van der Waals surface area contributed by atoms with E-state index in [0.29, 0.717) is 11.4 Å². The highest BCUT2D eigenvalue weighted by Crippen LogP contribution is 2.24. The lowest BCUT2D eigenvalue weighted by Crippen LogP contribution is -2.07. The lowest BCUT2D eigenvalue weighted by molar-refractivity contribution is 0.202. The molecule has 0 saturated carbocycles. The molecule has 21 heavy (non-hydrogen) atoms. The van der Waals surface area contributed by atoms with Gasteiger partial charge in [0.25, 0.3) is 0 Å². The molecule has 2 heterocycles. The third-order valence-corrected chi connectivity index (χ3v) is 2.92. The van der Waals surface area contributed by atoms with Gasteiger partial charge in [-0.15, -0.1) is 0 Å².